The Morgan fingerprint density at radius 2 is 1.86 bits per heavy atom. The zero-order valence-corrected chi connectivity index (χ0v) is 17.0. The van der Waals surface area contributed by atoms with Crippen LogP contribution in [0.5, 0.6) is 0 Å². The van der Waals surface area contributed by atoms with Gasteiger partial charge in [0, 0.05) is 42.0 Å². The molecule has 0 aliphatic carbocycles. The van der Waals surface area contributed by atoms with E-state index in [1.807, 2.05) is 12.1 Å². The van der Waals surface area contributed by atoms with Gasteiger partial charge < -0.3 is 5.11 Å². The van der Waals surface area contributed by atoms with Gasteiger partial charge in [0.25, 0.3) is 0 Å². The molecule has 0 amide bonds. The van der Waals surface area contributed by atoms with Gasteiger partial charge >= 0.3 is 0 Å². The molecule has 3 heterocycles. The quantitative estimate of drug-likeness (QED) is 0.796. The number of thiophene rings is 1. The van der Waals surface area contributed by atoms with E-state index in [0.717, 1.165) is 44.8 Å². The highest BCUT2D eigenvalue weighted by Gasteiger charge is 2.41. The Hall–Kier alpha value is -1.71. The Morgan fingerprint density at radius 3 is 2.64 bits per heavy atom. The predicted molar refractivity (Wildman–Crippen MR) is 112 cm³/mol. The average molecular weight is 399 g/mol. The second kappa shape index (κ2) is 8.75. The van der Waals surface area contributed by atoms with Crippen molar-refractivity contribution in [2.75, 3.05) is 32.8 Å². The lowest BCUT2D eigenvalue weighted by molar-refractivity contribution is 0.0867. The minimum Gasteiger partial charge on any atom is -0.384 e. The number of halogens is 1. The van der Waals surface area contributed by atoms with Gasteiger partial charge in [0.05, 0.1) is 0 Å². The van der Waals surface area contributed by atoms with Crippen molar-refractivity contribution < 1.29 is 9.50 Å². The van der Waals surface area contributed by atoms with Crippen LogP contribution in [0.15, 0.2) is 35.7 Å². The fourth-order valence-corrected chi connectivity index (χ4v) is 5.54. The first-order chi connectivity index (χ1) is 13.6. The van der Waals surface area contributed by atoms with E-state index in [0.29, 0.717) is 5.41 Å². The number of aliphatic hydroxyl groups is 1. The molecular formula is C23H27FN2OS. The Morgan fingerprint density at radius 1 is 1.07 bits per heavy atom. The van der Waals surface area contributed by atoms with Crippen molar-refractivity contribution in [3.8, 4) is 11.8 Å². The van der Waals surface area contributed by atoms with Crippen LogP contribution < -0.4 is 0 Å². The highest BCUT2D eigenvalue weighted by atomic mass is 32.1. The molecule has 1 aromatic heterocycles. The zero-order valence-electron chi connectivity index (χ0n) is 16.2. The van der Waals surface area contributed by atoms with E-state index in [1.54, 1.807) is 23.5 Å². The molecule has 4 rings (SSSR count). The molecule has 1 spiro atoms. The first kappa shape index (κ1) is 19.6. The molecule has 0 bridgehead atoms. The minimum absolute atomic E-state index is 0.0890. The van der Waals surface area contributed by atoms with Crippen molar-refractivity contribution in [2.24, 2.45) is 5.41 Å². The third kappa shape index (κ3) is 4.82. The van der Waals surface area contributed by atoms with E-state index in [9.17, 15) is 4.39 Å². The normalized spacial score (nSPS) is 23.1. The molecule has 1 N–H and O–H groups in total. The maximum atomic E-state index is 13.2. The van der Waals surface area contributed by atoms with Gasteiger partial charge in [-0.1, -0.05) is 24.0 Å². The molecule has 1 aromatic carbocycles. The van der Waals surface area contributed by atoms with Crippen LogP contribution >= 0.6 is 11.3 Å². The summed E-state index contributed by atoms with van der Waals surface area (Å²) in [6.45, 7) is 6.40. The fraction of sp³-hybridized carbons (Fsp3) is 0.478. The zero-order chi connectivity index (χ0) is 19.4. The van der Waals surface area contributed by atoms with Crippen molar-refractivity contribution in [1.82, 2.24) is 9.80 Å². The van der Waals surface area contributed by atoms with E-state index in [1.165, 1.54) is 29.7 Å². The number of aliphatic hydroxyl groups excluding tert-OH is 1. The molecule has 2 aliphatic rings. The molecule has 0 saturated carbocycles. The number of likely N-dealkylation sites (tertiary alicyclic amines) is 2. The van der Waals surface area contributed by atoms with E-state index in [4.69, 9.17) is 5.11 Å². The van der Waals surface area contributed by atoms with Crippen LogP contribution in [0.2, 0.25) is 0 Å². The van der Waals surface area contributed by atoms with Crippen molar-refractivity contribution in [2.45, 2.75) is 32.4 Å². The first-order valence-electron chi connectivity index (χ1n) is 10.0. The highest BCUT2D eigenvalue weighted by Crippen LogP contribution is 2.40. The molecule has 0 radical (unpaired) electrons. The number of rotatable bonds is 4. The summed E-state index contributed by atoms with van der Waals surface area (Å²) >= 11 is 1.76. The van der Waals surface area contributed by atoms with E-state index >= 15 is 0 Å². The van der Waals surface area contributed by atoms with Crippen molar-refractivity contribution in [3.05, 3.63) is 57.5 Å². The molecule has 5 heteroatoms. The van der Waals surface area contributed by atoms with Gasteiger partial charge in [0.2, 0.25) is 0 Å². The third-order valence-electron chi connectivity index (χ3n) is 5.92. The predicted octanol–water partition coefficient (Wildman–Crippen LogP) is 3.72. The Bertz CT molecular complexity index is 853. The number of benzene rings is 1. The number of hydrogen-bond acceptors (Lipinski definition) is 4. The van der Waals surface area contributed by atoms with Gasteiger partial charge in [-0.25, -0.2) is 4.39 Å². The number of hydrogen-bond donors (Lipinski definition) is 1. The van der Waals surface area contributed by atoms with Crippen LogP contribution in [0.1, 0.15) is 35.3 Å². The average Bonchev–Trinajstić information content (AvgIpc) is 3.29. The summed E-state index contributed by atoms with van der Waals surface area (Å²) < 4.78 is 13.2. The van der Waals surface area contributed by atoms with Crippen molar-refractivity contribution in [3.63, 3.8) is 0 Å². The molecule has 2 saturated heterocycles. The number of piperidine rings is 1. The maximum Gasteiger partial charge on any atom is 0.123 e. The van der Waals surface area contributed by atoms with Crippen LogP contribution in [0.3, 0.4) is 0 Å². The van der Waals surface area contributed by atoms with Gasteiger partial charge in [-0.15, -0.1) is 11.3 Å². The summed E-state index contributed by atoms with van der Waals surface area (Å²) in [5.41, 5.74) is 2.60. The molecule has 1 unspecified atom stereocenters. The van der Waals surface area contributed by atoms with Crippen LogP contribution in [-0.2, 0) is 13.1 Å². The lowest BCUT2D eigenvalue weighted by Gasteiger charge is -2.40. The molecule has 1 atom stereocenters. The van der Waals surface area contributed by atoms with Crippen LogP contribution in [0.25, 0.3) is 0 Å². The van der Waals surface area contributed by atoms with Gasteiger partial charge in [0.1, 0.15) is 12.4 Å². The summed E-state index contributed by atoms with van der Waals surface area (Å²) in [7, 11) is 0. The fourth-order valence-electron chi connectivity index (χ4n) is 4.68. The Balaban J connectivity index is 1.34. The van der Waals surface area contributed by atoms with Gasteiger partial charge in [-0.2, -0.15) is 0 Å². The van der Waals surface area contributed by atoms with Crippen LogP contribution in [-0.4, -0.2) is 47.7 Å². The van der Waals surface area contributed by atoms with Gasteiger partial charge in [-0.05, 0) is 61.5 Å². The third-order valence-corrected chi connectivity index (χ3v) is 6.84. The van der Waals surface area contributed by atoms with Crippen molar-refractivity contribution in [1.29, 1.82) is 0 Å². The molecule has 2 aliphatic heterocycles. The van der Waals surface area contributed by atoms with Crippen LogP contribution in [0.4, 0.5) is 4.39 Å². The highest BCUT2D eigenvalue weighted by molar-refractivity contribution is 7.10. The monoisotopic (exact) mass is 398 g/mol. The summed E-state index contributed by atoms with van der Waals surface area (Å²) in [4.78, 5) is 6.48. The molecule has 148 valence electrons. The Kier molecular flexibility index (Phi) is 6.13. The van der Waals surface area contributed by atoms with Gasteiger partial charge in [-0.3, -0.25) is 9.80 Å². The van der Waals surface area contributed by atoms with E-state index in [-0.39, 0.29) is 12.4 Å². The smallest absolute Gasteiger partial charge is 0.123 e. The SMILES string of the molecule is OCC#Cc1csc(CN2CCC3(CCCN(Cc4ccc(F)cc4)C3)C2)c1. The molecule has 3 nitrogen and oxygen atoms in total. The minimum atomic E-state index is -0.163. The standard InChI is InChI=1S/C23H27FN2OS/c24-21-6-4-19(5-7-21)14-25-10-2-8-23(17-25)9-11-26(18-23)15-22-13-20(16-28-22)3-1-12-27/h4-7,13,16,27H,2,8-12,14-15,17-18H2. The Labute approximate surface area is 170 Å². The topological polar surface area (TPSA) is 26.7 Å². The number of nitrogens with zero attached hydrogens (tertiary/aromatic N) is 2. The van der Waals surface area contributed by atoms with E-state index in [2.05, 4.69) is 33.1 Å². The molecular weight excluding hydrogens is 371 g/mol. The maximum absolute atomic E-state index is 13.2. The second-order valence-corrected chi connectivity index (χ2v) is 9.16. The van der Waals surface area contributed by atoms with Crippen LogP contribution in [0, 0.1) is 23.1 Å². The molecule has 28 heavy (non-hydrogen) atoms. The second-order valence-electron chi connectivity index (χ2n) is 8.16. The van der Waals surface area contributed by atoms with E-state index < -0.39 is 0 Å². The lowest BCUT2D eigenvalue weighted by atomic mass is 9.79. The van der Waals surface area contributed by atoms with Gasteiger partial charge in [0.15, 0.2) is 0 Å². The summed E-state index contributed by atoms with van der Waals surface area (Å²) in [5, 5.41) is 10.9. The summed E-state index contributed by atoms with van der Waals surface area (Å²) in [6, 6.07) is 9.09. The van der Waals surface area contributed by atoms with Crippen molar-refractivity contribution >= 4 is 11.3 Å². The molecule has 2 aromatic rings. The largest absolute Gasteiger partial charge is 0.384 e. The molecule has 2 fully saturated rings. The summed E-state index contributed by atoms with van der Waals surface area (Å²) in [6.07, 6.45) is 3.81. The first-order valence-corrected chi connectivity index (χ1v) is 10.9. The summed E-state index contributed by atoms with van der Waals surface area (Å²) in [5.74, 6) is 5.55. The lowest BCUT2D eigenvalue weighted by Crippen LogP contribution is -2.44.